The summed E-state index contributed by atoms with van der Waals surface area (Å²) in [5, 5.41) is 18.3. The number of hydrogen-bond donors (Lipinski definition) is 0. The van der Waals surface area contributed by atoms with E-state index in [2.05, 4.69) is 4.98 Å². The van der Waals surface area contributed by atoms with Crippen LogP contribution in [0.3, 0.4) is 0 Å². The molecule has 2 aromatic rings. The Kier molecular flexibility index (Phi) is 2.41. The highest BCUT2D eigenvalue weighted by atomic mass is 15.0. The molecule has 0 aromatic carbocycles. The normalized spacial score (nSPS) is 9.44. The van der Waals surface area contributed by atoms with Gasteiger partial charge in [-0.1, -0.05) is 0 Å². The second-order valence-corrected chi connectivity index (χ2v) is 3.39. The maximum Gasteiger partial charge on any atom is 0.139 e. The topological polar surface area (TPSA) is 65.4 Å². The van der Waals surface area contributed by atoms with Gasteiger partial charge in [0.15, 0.2) is 0 Å². The summed E-state index contributed by atoms with van der Waals surface area (Å²) in [6, 6.07) is 7.48. The Bertz CT molecular complexity index is 634. The first-order valence-electron chi connectivity index (χ1n) is 4.67. The second kappa shape index (κ2) is 3.88. The molecular formula is C12H8N4. The maximum absolute atomic E-state index is 8.64. The SMILES string of the molecule is Cn1ccc2cc(C=C(C#N)C#N)cnc21. The lowest BCUT2D eigenvalue weighted by molar-refractivity contribution is 0.948. The summed E-state index contributed by atoms with van der Waals surface area (Å²) >= 11 is 0. The zero-order chi connectivity index (χ0) is 11.5. The van der Waals surface area contributed by atoms with Gasteiger partial charge in [-0.15, -0.1) is 0 Å². The van der Waals surface area contributed by atoms with E-state index in [-0.39, 0.29) is 5.57 Å². The molecule has 0 amide bonds. The Hall–Kier alpha value is -2.59. The summed E-state index contributed by atoms with van der Waals surface area (Å²) in [4.78, 5) is 4.26. The van der Waals surface area contributed by atoms with E-state index in [4.69, 9.17) is 10.5 Å². The average molecular weight is 208 g/mol. The zero-order valence-corrected chi connectivity index (χ0v) is 8.68. The third kappa shape index (κ3) is 1.65. The van der Waals surface area contributed by atoms with Crippen LogP contribution in [0.2, 0.25) is 0 Å². The van der Waals surface area contributed by atoms with Gasteiger partial charge in [0.25, 0.3) is 0 Å². The van der Waals surface area contributed by atoms with Crippen LogP contribution in [0.5, 0.6) is 0 Å². The predicted octanol–water partition coefficient (Wildman–Crippen LogP) is 2.00. The van der Waals surface area contributed by atoms with E-state index >= 15 is 0 Å². The van der Waals surface area contributed by atoms with Crippen LogP contribution in [-0.2, 0) is 7.05 Å². The highest BCUT2D eigenvalue weighted by Gasteiger charge is 2.00. The van der Waals surface area contributed by atoms with Gasteiger partial charge in [-0.2, -0.15) is 10.5 Å². The number of nitrogens with zero attached hydrogens (tertiary/aromatic N) is 4. The van der Waals surface area contributed by atoms with Crippen molar-refractivity contribution in [2.75, 3.05) is 0 Å². The van der Waals surface area contributed by atoms with Gasteiger partial charge in [-0.3, -0.25) is 0 Å². The van der Waals surface area contributed by atoms with E-state index in [1.165, 1.54) is 6.08 Å². The number of rotatable bonds is 1. The van der Waals surface area contributed by atoms with Crippen LogP contribution >= 0.6 is 0 Å². The first-order chi connectivity index (χ1) is 7.74. The third-order valence-electron chi connectivity index (χ3n) is 2.28. The second-order valence-electron chi connectivity index (χ2n) is 3.39. The first kappa shape index (κ1) is 9.95. The van der Waals surface area contributed by atoms with Crippen molar-refractivity contribution in [2.45, 2.75) is 0 Å². The van der Waals surface area contributed by atoms with E-state index < -0.39 is 0 Å². The van der Waals surface area contributed by atoms with E-state index in [0.29, 0.717) is 0 Å². The number of pyridine rings is 1. The molecule has 2 aromatic heterocycles. The van der Waals surface area contributed by atoms with Crippen LogP contribution in [-0.4, -0.2) is 9.55 Å². The quantitative estimate of drug-likeness (QED) is 0.673. The predicted molar refractivity (Wildman–Crippen MR) is 59.9 cm³/mol. The summed E-state index contributed by atoms with van der Waals surface area (Å²) in [7, 11) is 1.92. The fourth-order valence-corrected chi connectivity index (χ4v) is 1.51. The minimum atomic E-state index is 0.0806. The fraction of sp³-hybridized carbons (Fsp3) is 0.0833. The van der Waals surface area contributed by atoms with Gasteiger partial charge in [0.1, 0.15) is 23.4 Å². The molecule has 0 radical (unpaired) electrons. The minimum absolute atomic E-state index is 0.0806. The Labute approximate surface area is 92.7 Å². The molecule has 4 heteroatoms. The molecular weight excluding hydrogens is 200 g/mol. The highest BCUT2D eigenvalue weighted by molar-refractivity contribution is 5.79. The molecule has 0 N–H and O–H groups in total. The largest absolute Gasteiger partial charge is 0.336 e. The molecule has 0 aliphatic rings. The van der Waals surface area contributed by atoms with Gasteiger partial charge in [-0.25, -0.2) is 4.98 Å². The van der Waals surface area contributed by atoms with Crippen molar-refractivity contribution in [1.82, 2.24) is 9.55 Å². The molecule has 0 unspecified atom stereocenters. The van der Waals surface area contributed by atoms with Crippen LogP contribution in [0, 0.1) is 22.7 Å². The molecule has 0 spiro atoms. The van der Waals surface area contributed by atoms with Crippen LogP contribution in [0.15, 0.2) is 30.1 Å². The fourth-order valence-electron chi connectivity index (χ4n) is 1.51. The molecule has 16 heavy (non-hydrogen) atoms. The summed E-state index contributed by atoms with van der Waals surface area (Å²) in [5.41, 5.74) is 1.72. The van der Waals surface area contributed by atoms with E-state index in [1.807, 2.05) is 42.1 Å². The molecule has 4 nitrogen and oxygen atoms in total. The number of aryl methyl sites for hydroxylation is 1. The number of nitriles is 2. The van der Waals surface area contributed by atoms with Crippen molar-refractivity contribution < 1.29 is 0 Å². The van der Waals surface area contributed by atoms with Crippen LogP contribution in [0.4, 0.5) is 0 Å². The molecule has 0 fully saturated rings. The first-order valence-corrected chi connectivity index (χ1v) is 4.67. The van der Waals surface area contributed by atoms with Crippen molar-refractivity contribution in [3.05, 3.63) is 35.7 Å². The summed E-state index contributed by atoms with van der Waals surface area (Å²) < 4.78 is 1.92. The van der Waals surface area contributed by atoms with E-state index in [0.717, 1.165) is 16.6 Å². The molecule has 0 aliphatic heterocycles. The van der Waals surface area contributed by atoms with Crippen molar-refractivity contribution in [3.63, 3.8) is 0 Å². The number of hydrogen-bond acceptors (Lipinski definition) is 3. The van der Waals surface area contributed by atoms with E-state index in [1.54, 1.807) is 6.20 Å². The lowest BCUT2D eigenvalue weighted by atomic mass is 10.2. The molecule has 0 aliphatic carbocycles. The maximum atomic E-state index is 8.64. The van der Waals surface area contributed by atoms with Gasteiger partial charge < -0.3 is 4.57 Å². The Morgan fingerprint density at radius 1 is 1.44 bits per heavy atom. The Balaban J connectivity index is 2.54. The van der Waals surface area contributed by atoms with Gasteiger partial charge in [0.2, 0.25) is 0 Å². The van der Waals surface area contributed by atoms with Gasteiger partial charge in [0.05, 0.1) is 0 Å². The van der Waals surface area contributed by atoms with Crippen molar-refractivity contribution in [3.8, 4) is 12.1 Å². The summed E-state index contributed by atoms with van der Waals surface area (Å²) in [5.74, 6) is 0. The Morgan fingerprint density at radius 2 is 2.19 bits per heavy atom. The number of fused-ring (bicyclic) bond motifs is 1. The molecule has 0 saturated carbocycles. The summed E-state index contributed by atoms with van der Waals surface area (Å²) in [6.45, 7) is 0. The van der Waals surface area contributed by atoms with E-state index in [9.17, 15) is 0 Å². The van der Waals surface area contributed by atoms with Crippen LogP contribution in [0.25, 0.3) is 17.1 Å². The molecule has 0 saturated heterocycles. The van der Waals surface area contributed by atoms with Gasteiger partial charge >= 0.3 is 0 Å². The molecule has 76 valence electrons. The van der Waals surface area contributed by atoms with Gasteiger partial charge in [0, 0.05) is 24.8 Å². The molecule has 0 bridgehead atoms. The van der Waals surface area contributed by atoms with Gasteiger partial charge in [-0.05, 0) is 23.8 Å². The minimum Gasteiger partial charge on any atom is -0.336 e. The lowest BCUT2D eigenvalue weighted by Crippen LogP contribution is -1.87. The van der Waals surface area contributed by atoms with Crippen LogP contribution < -0.4 is 0 Å². The third-order valence-corrected chi connectivity index (χ3v) is 2.28. The van der Waals surface area contributed by atoms with Crippen molar-refractivity contribution in [1.29, 1.82) is 10.5 Å². The van der Waals surface area contributed by atoms with Crippen molar-refractivity contribution in [2.24, 2.45) is 7.05 Å². The number of allylic oxidation sites excluding steroid dienone is 1. The standard InChI is InChI=1S/C12H8N4/c1-16-3-2-11-5-9(8-15-12(11)16)4-10(6-13)7-14/h2-5,8H,1H3. The molecule has 2 rings (SSSR count). The molecule has 0 atom stereocenters. The lowest BCUT2D eigenvalue weighted by Gasteiger charge is -1.96. The highest BCUT2D eigenvalue weighted by Crippen LogP contribution is 2.15. The smallest absolute Gasteiger partial charge is 0.139 e. The Morgan fingerprint density at radius 3 is 2.88 bits per heavy atom. The average Bonchev–Trinajstić information content (AvgIpc) is 2.68. The summed E-state index contributed by atoms with van der Waals surface area (Å²) in [6.07, 6.45) is 5.09. The van der Waals surface area contributed by atoms with Crippen molar-refractivity contribution >= 4 is 17.1 Å². The number of aromatic nitrogens is 2. The zero-order valence-electron chi connectivity index (χ0n) is 8.68. The van der Waals surface area contributed by atoms with Crippen LogP contribution in [0.1, 0.15) is 5.56 Å². The monoisotopic (exact) mass is 208 g/mol. The molecule has 2 heterocycles.